The van der Waals surface area contributed by atoms with E-state index in [4.69, 9.17) is 4.94 Å². The maximum absolute atomic E-state index is 5.04. The number of oxime groups is 1. The van der Waals surface area contributed by atoms with Gasteiger partial charge in [-0.25, -0.2) is 0 Å². The topological polar surface area (TPSA) is 24.8 Å². The van der Waals surface area contributed by atoms with Gasteiger partial charge in [-0.3, -0.25) is 4.94 Å². The van der Waals surface area contributed by atoms with Gasteiger partial charge >= 0.3 is 0 Å². The third kappa shape index (κ3) is 1.85. The minimum atomic E-state index is 0.327. The normalized spacial score (nSPS) is 24.6. The van der Waals surface area contributed by atoms with Gasteiger partial charge < -0.3 is 0 Å². The van der Waals surface area contributed by atoms with E-state index in [1.807, 2.05) is 13.1 Å². The molecule has 0 N–H and O–H groups in total. The zero-order chi connectivity index (χ0) is 8.97. The van der Waals surface area contributed by atoms with Gasteiger partial charge in [0.15, 0.2) is 0 Å². The molecular formula is C9H16N2O. The van der Waals surface area contributed by atoms with Crippen LogP contribution in [0.2, 0.25) is 0 Å². The molecule has 0 spiro atoms. The molecule has 0 bridgehead atoms. The Hall–Kier alpha value is -0.830. The molecule has 1 atom stereocenters. The van der Waals surface area contributed by atoms with Crippen LogP contribution in [-0.2, 0) is 4.94 Å². The molecule has 0 aromatic heterocycles. The number of hydrogen-bond donors (Lipinski definition) is 0. The number of allylic oxidation sites excluding steroid dienone is 1. The summed E-state index contributed by atoms with van der Waals surface area (Å²) in [5.74, 6) is 0. The van der Waals surface area contributed by atoms with Crippen LogP contribution in [0.1, 0.15) is 26.7 Å². The van der Waals surface area contributed by atoms with Crippen LogP contribution >= 0.6 is 0 Å². The number of nitrogens with zero attached hydrogens (tertiary/aromatic N) is 2. The Morgan fingerprint density at radius 3 is 2.92 bits per heavy atom. The summed E-state index contributed by atoms with van der Waals surface area (Å²) in [6, 6.07) is 0.327. The highest BCUT2D eigenvalue weighted by molar-refractivity contribution is 5.99. The summed E-state index contributed by atoms with van der Waals surface area (Å²) in [6.45, 7) is 4.24. The largest absolute Gasteiger partial charge is 0.296 e. The van der Waals surface area contributed by atoms with E-state index in [0.717, 1.165) is 18.6 Å². The minimum absolute atomic E-state index is 0.327. The van der Waals surface area contributed by atoms with Crippen LogP contribution in [0, 0.1) is 0 Å². The molecular weight excluding hydrogens is 152 g/mol. The summed E-state index contributed by atoms with van der Waals surface area (Å²) in [5, 5.41) is 5.75. The third-order valence-electron chi connectivity index (χ3n) is 1.97. The van der Waals surface area contributed by atoms with E-state index in [0.29, 0.717) is 6.04 Å². The average molecular weight is 168 g/mol. The molecule has 0 amide bonds. The maximum Gasteiger partial charge on any atom is 0.103 e. The van der Waals surface area contributed by atoms with Crippen molar-refractivity contribution in [2.24, 2.45) is 5.16 Å². The molecule has 0 aliphatic carbocycles. The van der Waals surface area contributed by atoms with E-state index in [2.05, 4.69) is 25.1 Å². The molecule has 1 rings (SSSR count). The molecule has 0 aromatic rings. The third-order valence-corrected chi connectivity index (χ3v) is 1.97. The average Bonchev–Trinajstić information content (AvgIpc) is 2.43. The summed E-state index contributed by atoms with van der Waals surface area (Å²) >= 11 is 0. The van der Waals surface area contributed by atoms with Crippen LogP contribution in [-0.4, -0.2) is 23.9 Å². The zero-order valence-corrected chi connectivity index (χ0v) is 7.95. The van der Waals surface area contributed by atoms with E-state index in [-0.39, 0.29) is 0 Å². The van der Waals surface area contributed by atoms with Crippen LogP contribution in [0.5, 0.6) is 0 Å². The maximum atomic E-state index is 5.04. The Bertz CT molecular complexity index is 199. The Balaban J connectivity index is 2.58. The quantitative estimate of drug-likeness (QED) is 0.643. The first-order valence-electron chi connectivity index (χ1n) is 4.44. The molecule has 0 radical (unpaired) electrons. The predicted molar refractivity (Wildman–Crippen MR) is 49.8 cm³/mol. The number of hydroxylamine groups is 2. The molecule has 0 fully saturated rings. The smallest absolute Gasteiger partial charge is 0.103 e. The van der Waals surface area contributed by atoms with E-state index in [9.17, 15) is 0 Å². The van der Waals surface area contributed by atoms with Gasteiger partial charge in [-0.05, 0) is 18.9 Å². The van der Waals surface area contributed by atoms with Gasteiger partial charge in [-0.1, -0.05) is 25.1 Å². The lowest BCUT2D eigenvalue weighted by Gasteiger charge is -2.13. The molecule has 68 valence electrons. The fraction of sp³-hybridized carbons (Fsp3) is 0.667. The molecule has 0 saturated carbocycles. The Labute approximate surface area is 73.6 Å². The standard InChI is InChI=1S/C9H16N2O/c1-4-6-7-8-9(5-2)11(3)12-10-8/h6-7,9H,4-5H2,1-3H3/b7-6-. The molecule has 3 nitrogen and oxygen atoms in total. The molecule has 12 heavy (non-hydrogen) atoms. The Morgan fingerprint density at radius 2 is 2.33 bits per heavy atom. The first-order chi connectivity index (χ1) is 5.79. The first kappa shape index (κ1) is 9.26. The first-order valence-corrected chi connectivity index (χ1v) is 4.44. The highest BCUT2D eigenvalue weighted by atomic mass is 16.8. The second-order valence-electron chi connectivity index (χ2n) is 2.88. The second-order valence-corrected chi connectivity index (χ2v) is 2.88. The van der Waals surface area contributed by atoms with E-state index in [1.54, 1.807) is 5.06 Å². The van der Waals surface area contributed by atoms with Gasteiger partial charge in [0.2, 0.25) is 0 Å². The summed E-state index contributed by atoms with van der Waals surface area (Å²) in [6.07, 6.45) is 6.21. The monoisotopic (exact) mass is 168 g/mol. The van der Waals surface area contributed by atoms with Crippen molar-refractivity contribution in [2.75, 3.05) is 7.05 Å². The van der Waals surface area contributed by atoms with Crippen molar-refractivity contribution in [3.8, 4) is 0 Å². The van der Waals surface area contributed by atoms with Crippen LogP contribution in [0.3, 0.4) is 0 Å². The Morgan fingerprint density at radius 1 is 1.58 bits per heavy atom. The fourth-order valence-corrected chi connectivity index (χ4v) is 1.26. The molecule has 1 aliphatic heterocycles. The molecule has 3 heteroatoms. The van der Waals surface area contributed by atoms with E-state index in [1.165, 1.54) is 0 Å². The lowest BCUT2D eigenvalue weighted by molar-refractivity contribution is -0.131. The van der Waals surface area contributed by atoms with Gasteiger partial charge in [-0.2, -0.15) is 0 Å². The molecule has 0 saturated heterocycles. The number of rotatable bonds is 3. The minimum Gasteiger partial charge on any atom is -0.296 e. The molecule has 1 aliphatic rings. The van der Waals surface area contributed by atoms with Crippen molar-refractivity contribution in [3.05, 3.63) is 12.2 Å². The van der Waals surface area contributed by atoms with Gasteiger partial charge in [0, 0.05) is 7.05 Å². The highest BCUT2D eigenvalue weighted by Crippen LogP contribution is 2.13. The summed E-state index contributed by atoms with van der Waals surface area (Å²) < 4.78 is 0. The van der Waals surface area contributed by atoms with Crippen LogP contribution in [0.15, 0.2) is 17.3 Å². The van der Waals surface area contributed by atoms with Crippen LogP contribution < -0.4 is 0 Å². The molecule has 1 unspecified atom stereocenters. The lowest BCUT2D eigenvalue weighted by Crippen LogP contribution is -2.29. The summed E-state index contributed by atoms with van der Waals surface area (Å²) in [4.78, 5) is 5.04. The molecule has 0 aromatic carbocycles. The van der Waals surface area contributed by atoms with Crippen molar-refractivity contribution in [1.82, 2.24) is 5.06 Å². The van der Waals surface area contributed by atoms with Crippen LogP contribution in [0.4, 0.5) is 0 Å². The molecule has 1 heterocycles. The SMILES string of the molecule is CC/C=C\C1=NON(C)C1CC. The second kappa shape index (κ2) is 4.26. The predicted octanol–water partition coefficient (Wildman–Crippen LogP) is 1.96. The van der Waals surface area contributed by atoms with Gasteiger partial charge in [0.05, 0.1) is 6.04 Å². The number of hydrogen-bond acceptors (Lipinski definition) is 3. The zero-order valence-electron chi connectivity index (χ0n) is 7.95. The van der Waals surface area contributed by atoms with Crippen molar-refractivity contribution in [1.29, 1.82) is 0 Å². The van der Waals surface area contributed by atoms with Crippen molar-refractivity contribution < 1.29 is 4.94 Å². The van der Waals surface area contributed by atoms with Gasteiger partial charge in [0.1, 0.15) is 5.71 Å². The summed E-state index contributed by atoms with van der Waals surface area (Å²) in [5.41, 5.74) is 1.03. The van der Waals surface area contributed by atoms with Crippen LogP contribution in [0.25, 0.3) is 0 Å². The van der Waals surface area contributed by atoms with E-state index >= 15 is 0 Å². The van der Waals surface area contributed by atoms with Crippen molar-refractivity contribution >= 4 is 5.71 Å². The van der Waals surface area contributed by atoms with Crippen molar-refractivity contribution in [2.45, 2.75) is 32.7 Å². The van der Waals surface area contributed by atoms with Gasteiger partial charge in [-0.15, -0.1) is 5.06 Å². The van der Waals surface area contributed by atoms with Crippen molar-refractivity contribution in [3.63, 3.8) is 0 Å². The van der Waals surface area contributed by atoms with E-state index < -0.39 is 0 Å². The highest BCUT2D eigenvalue weighted by Gasteiger charge is 2.24. The summed E-state index contributed by atoms with van der Waals surface area (Å²) in [7, 11) is 1.91. The van der Waals surface area contributed by atoms with Gasteiger partial charge in [0.25, 0.3) is 0 Å². The fourth-order valence-electron chi connectivity index (χ4n) is 1.26. The Kier molecular flexibility index (Phi) is 3.29. The lowest BCUT2D eigenvalue weighted by atomic mass is 10.1.